The second kappa shape index (κ2) is 3.81. The van der Waals surface area contributed by atoms with Gasteiger partial charge in [0.1, 0.15) is 0 Å². The second-order valence-corrected chi connectivity index (χ2v) is 3.55. The minimum Gasteiger partial charge on any atom is -1.00 e. The summed E-state index contributed by atoms with van der Waals surface area (Å²) < 4.78 is 3.20. The summed E-state index contributed by atoms with van der Waals surface area (Å²) in [6.07, 6.45) is 0. The maximum absolute atomic E-state index is 5.23. The standard InChI is InChI=1S/C8H9N3S.ClH/c1-11-6-4-2-3-5-7(6)12-8(11)10-9;/h2-5H,9H2,1H3;1H/p-1/b10-8-;. The summed E-state index contributed by atoms with van der Waals surface area (Å²) in [4.78, 5) is 0.844. The number of thiazole rings is 1. The first-order valence-electron chi connectivity index (χ1n) is 3.61. The predicted molar refractivity (Wildman–Crippen MR) is 50.5 cm³/mol. The van der Waals surface area contributed by atoms with Crippen molar-refractivity contribution in [2.24, 2.45) is 18.0 Å². The number of aromatic nitrogens is 1. The van der Waals surface area contributed by atoms with E-state index < -0.39 is 0 Å². The van der Waals surface area contributed by atoms with Crippen molar-refractivity contribution in [2.75, 3.05) is 0 Å². The van der Waals surface area contributed by atoms with Crippen LogP contribution >= 0.6 is 11.3 Å². The van der Waals surface area contributed by atoms with Gasteiger partial charge in [-0.2, -0.15) is 5.10 Å². The Hall–Kier alpha value is -1.00. The van der Waals surface area contributed by atoms with Gasteiger partial charge in [-0.3, -0.25) is 0 Å². The Balaban J connectivity index is 0.000000845. The highest BCUT2D eigenvalue weighted by atomic mass is 35.5. The average molecular weight is 215 g/mol. The van der Waals surface area contributed by atoms with Crippen LogP contribution in [0.3, 0.4) is 0 Å². The molecule has 0 atom stereocenters. The molecular weight excluding hydrogens is 206 g/mol. The Bertz CT molecular complexity index is 471. The highest BCUT2D eigenvalue weighted by Crippen LogP contribution is 2.14. The van der Waals surface area contributed by atoms with Crippen LogP contribution in [0.25, 0.3) is 10.2 Å². The van der Waals surface area contributed by atoms with Crippen LogP contribution in [0.15, 0.2) is 29.4 Å². The predicted octanol–water partition coefficient (Wildman–Crippen LogP) is -1.98. The molecule has 0 fully saturated rings. The minimum absolute atomic E-state index is 0. The van der Waals surface area contributed by atoms with E-state index in [2.05, 4.69) is 17.2 Å². The van der Waals surface area contributed by atoms with Gasteiger partial charge in [0.25, 0.3) is 0 Å². The van der Waals surface area contributed by atoms with Gasteiger partial charge in [0.2, 0.25) is 4.80 Å². The Morgan fingerprint density at radius 3 is 2.69 bits per heavy atom. The Morgan fingerprint density at radius 1 is 1.38 bits per heavy atom. The first kappa shape index (κ1) is 10.1. The van der Waals surface area contributed by atoms with Crippen LogP contribution in [0, 0.1) is 0 Å². The van der Waals surface area contributed by atoms with Gasteiger partial charge in [0.15, 0.2) is 0 Å². The fourth-order valence-corrected chi connectivity index (χ4v) is 2.14. The average Bonchev–Trinajstić information content (AvgIpc) is 2.44. The van der Waals surface area contributed by atoms with Crippen molar-refractivity contribution in [1.29, 1.82) is 0 Å². The van der Waals surface area contributed by atoms with Crippen molar-refractivity contribution in [1.82, 2.24) is 4.57 Å². The molecule has 5 heteroatoms. The fraction of sp³-hybridized carbons (Fsp3) is 0.125. The third-order valence-electron chi connectivity index (χ3n) is 1.83. The number of rotatable bonds is 0. The fourth-order valence-electron chi connectivity index (χ4n) is 1.20. The molecule has 0 saturated heterocycles. The molecular formula is C8H9ClN3S-. The van der Waals surface area contributed by atoms with Crippen LogP contribution in [-0.2, 0) is 7.05 Å². The zero-order valence-corrected chi connectivity index (χ0v) is 8.64. The summed E-state index contributed by atoms with van der Waals surface area (Å²) in [7, 11) is 1.96. The largest absolute Gasteiger partial charge is 1.00 e. The highest BCUT2D eigenvalue weighted by Gasteiger charge is 1.99. The normalized spacial score (nSPS) is 11.6. The number of nitrogens with two attached hydrogens (primary N) is 1. The maximum atomic E-state index is 5.23. The molecule has 0 aliphatic rings. The molecule has 70 valence electrons. The van der Waals surface area contributed by atoms with Gasteiger partial charge in [-0.1, -0.05) is 23.5 Å². The van der Waals surface area contributed by atoms with E-state index in [0.717, 1.165) is 4.80 Å². The van der Waals surface area contributed by atoms with E-state index in [-0.39, 0.29) is 12.4 Å². The van der Waals surface area contributed by atoms with Crippen LogP contribution in [0.2, 0.25) is 0 Å². The second-order valence-electron chi connectivity index (χ2n) is 2.54. The minimum atomic E-state index is 0. The molecule has 0 aliphatic heterocycles. The van der Waals surface area contributed by atoms with Crippen molar-refractivity contribution >= 4 is 21.6 Å². The van der Waals surface area contributed by atoms with Gasteiger partial charge < -0.3 is 22.8 Å². The van der Waals surface area contributed by atoms with Crippen molar-refractivity contribution < 1.29 is 12.4 Å². The molecule has 2 rings (SSSR count). The van der Waals surface area contributed by atoms with Gasteiger partial charge in [0, 0.05) is 7.05 Å². The van der Waals surface area contributed by atoms with E-state index in [4.69, 9.17) is 5.84 Å². The number of benzene rings is 1. The molecule has 0 bridgehead atoms. The van der Waals surface area contributed by atoms with Crippen LogP contribution in [0.4, 0.5) is 0 Å². The van der Waals surface area contributed by atoms with Crippen molar-refractivity contribution in [3.05, 3.63) is 29.1 Å². The first-order chi connectivity index (χ1) is 5.83. The van der Waals surface area contributed by atoms with Crippen molar-refractivity contribution in [3.63, 3.8) is 0 Å². The molecule has 3 nitrogen and oxygen atoms in total. The Labute approximate surface area is 85.9 Å². The molecule has 1 aromatic heterocycles. The van der Waals surface area contributed by atoms with E-state index in [1.807, 2.05) is 23.7 Å². The molecule has 13 heavy (non-hydrogen) atoms. The summed E-state index contributed by atoms with van der Waals surface area (Å²) in [5.41, 5.74) is 1.17. The van der Waals surface area contributed by atoms with Crippen LogP contribution in [-0.4, -0.2) is 4.57 Å². The smallest absolute Gasteiger partial charge is 0.208 e. The SMILES string of the molecule is Cn1/c(=N/N)sc2ccccc21.[Cl-]. The molecule has 1 heterocycles. The lowest BCUT2D eigenvalue weighted by Crippen LogP contribution is -3.00. The lowest BCUT2D eigenvalue weighted by atomic mass is 10.3. The molecule has 0 aliphatic carbocycles. The van der Waals surface area contributed by atoms with E-state index in [1.54, 1.807) is 11.3 Å². The number of halogens is 1. The number of hydrogen-bond donors (Lipinski definition) is 1. The monoisotopic (exact) mass is 214 g/mol. The Morgan fingerprint density at radius 2 is 2.08 bits per heavy atom. The van der Waals surface area contributed by atoms with E-state index in [0.29, 0.717) is 0 Å². The molecule has 0 spiro atoms. The van der Waals surface area contributed by atoms with Crippen LogP contribution in [0.5, 0.6) is 0 Å². The van der Waals surface area contributed by atoms with E-state index >= 15 is 0 Å². The van der Waals surface area contributed by atoms with Crippen LogP contribution < -0.4 is 23.1 Å². The van der Waals surface area contributed by atoms with Gasteiger partial charge in [0.05, 0.1) is 10.2 Å². The molecule has 0 amide bonds. The van der Waals surface area contributed by atoms with Gasteiger partial charge in [-0.05, 0) is 12.1 Å². The topological polar surface area (TPSA) is 43.3 Å². The number of nitrogens with zero attached hydrogens (tertiary/aromatic N) is 2. The maximum Gasteiger partial charge on any atom is 0.208 e. The molecule has 0 unspecified atom stereocenters. The lowest BCUT2D eigenvalue weighted by Gasteiger charge is -1.91. The summed E-state index contributed by atoms with van der Waals surface area (Å²) in [6.45, 7) is 0. The molecule has 0 radical (unpaired) electrons. The molecule has 2 N–H and O–H groups in total. The van der Waals surface area contributed by atoms with Gasteiger partial charge in [-0.25, -0.2) is 0 Å². The summed E-state index contributed by atoms with van der Waals surface area (Å²) in [5, 5.41) is 3.69. The third-order valence-corrected chi connectivity index (χ3v) is 2.95. The van der Waals surface area contributed by atoms with Crippen molar-refractivity contribution in [3.8, 4) is 0 Å². The van der Waals surface area contributed by atoms with Gasteiger partial charge >= 0.3 is 0 Å². The third kappa shape index (κ3) is 1.55. The van der Waals surface area contributed by atoms with E-state index in [1.165, 1.54) is 10.2 Å². The van der Waals surface area contributed by atoms with E-state index in [9.17, 15) is 0 Å². The molecule has 0 saturated carbocycles. The number of aryl methyl sites for hydroxylation is 1. The Kier molecular flexibility index (Phi) is 2.95. The van der Waals surface area contributed by atoms with Gasteiger partial charge in [-0.15, -0.1) is 0 Å². The number of para-hydroxylation sites is 1. The summed E-state index contributed by atoms with van der Waals surface area (Å²) in [6, 6.07) is 8.14. The summed E-state index contributed by atoms with van der Waals surface area (Å²) >= 11 is 1.60. The highest BCUT2D eigenvalue weighted by molar-refractivity contribution is 7.16. The quantitative estimate of drug-likeness (QED) is 0.401. The first-order valence-corrected chi connectivity index (χ1v) is 4.43. The number of hydrogen-bond acceptors (Lipinski definition) is 3. The van der Waals surface area contributed by atoms with Crippen molar-refractivity contribution in [2.45, 2.75) is 0 Å². The van der Waals surface area contributed by atoms with Crippen LogP contribution in [0.1, 0.15) is 0 Å². The lowest BCUT2D eigenvalue weighted by molar-refractivity contribution is -0.00000248. The molecule has 2 aromatic rings. The molecule has 1 aromatic carbocycles. The zero-order chi connectivity index (χ0) is 8.55. The number of fused-ring (bicyclic) bond motifs is 1. The summed E-state index contributed by atoms with van der Waals surface area (Å²) in [5.74, 6) is 5.23. The zero-order valence-electron chi connectivity index (χ0n) is 7.07.